The number of amides is 1. The number of hydrogen-bond donors (Lipinski definition) is 3. The van der Waals surface area contributed by atoms with Crippen molar-refractivity contribution in [3.63, 3.8) is 0 Å². The molecule has 0 bridgehead atoms. The van der Waals surface area contributed by atoms with Gasteiger partial charge in [0, 0.05) is 24.0 Å². The van der Waals surface area contributed by atoms with E-state index in [9.17, 15) is 4.79 Å². The van der Waals surface area contributed by atoms with Crippen LogP contribution in [0.15, 0.2) is 41.8 Å². The zero-order valence-electron chi connectivity index (χ0n) is 11.3. The zero-order valence-corrected chi connectivity index (χ0v) is 13.0. The molecule has 0 fully saturated rings. The van der Waals surface area contributed by atoms with E-state index in [1.807, 2.05) is 29.6 Å². The Bertz CT molecular complexity index is 572. The van der Waals surface area contributed by atoms with Gasteiger partial charge in [-0.15, -0.1) is 0 Å². The maximum absolute atomic E-state index is 11.8. The lowest BCUT2D eigenvalue weighted by molar-refractivity contribution is 0.0976. The summed E-state index contributed by atoms with van der Waals surface area (Å²) in [5.74, 6) is 0.689. The van der Waals surface area contributed by atoms with E-state index in [0.717, 1.165) is 18.8 Å². The van der Waals surface area contributed by atoms with E-state index < -0.39 is 0 Å². The predicted molar refractivity (Wildman–Crippen MR) is 89.7 cm³/mol. The Morgan fingerprint density at radius 2 is 2.00 bits per heavy atom. The van der Waals surface area contributed by atoms with Crippen LogP contribution in [-0.4, -0.2) is 28.5 Å². The fourth-order valence-corrected chi connectivity index (χ4v) is 2.30. The first kappa shape index (κ1) is 15.4. The maximum Gasteiger partial charge on any atom is 0.257 e. The summed E-state index contributed by atoms with van der Waals surface area (Å²) in [5, 5.41) is 11.1. The molecule has 0 atom stereocenters. The molecular weight excluding hydrogens is 304 g/mol. The van der Waals surface area contributed by atoms with Crippen LogP contribution in [0.4, 0.5) is 5.82 Å². The molecule has 1 aromatic heterocycles. The molecular formula is C14H16N4OS2. The fraction of sp³-hybridized carbons (Fsp3) is 0.214. The highest BCUT2D eigenvalue weighted by Crippen LogP contribution is 2.04. The third kappa shape index (κ3) is 5.49. The van der Waals surface area contributed by atoms with Gasteiger partial charge >= 0.3 is 0 Å². The topological polar surface area (TPSA) is 66.1 Å². The normalized spacial score (nSPS) is 9.90. The summed E-state index contributed by atoms with van der Waals surface area (Å²) in [5.41, 5.74) is 0.590. The largest absolute Gasteiger partial charge is 0.369 e. The molecule has 0 spiro atoms. The van der Waals surface area contributed by atoms with Gasteiger partial charge in [-0.3, -0.25) is 10.1 Å². The van der Waals surface area contributed by atoms with Gasteiger partial charge in [0.15, 0.2) is 5.11 Å². The van der Waals surface area contributed by atoms with E-state index in [1.165, 1.54) is 11.5 Å². The van der Waals surface area contributed by atoms with Gasteiger partial charge in [-0.1, -0.05) is 18.2 Å². The summed E-state index contributed by atoms with van der Waals surface area (Å²) >= 11 is 6.50. The van der Waals surface area contributed by atoms with Crippen molar-refractivity contribution < 1.29 is 4.79 Å². The third-order valence-corrected chi connectivity index (χ3v) is 3.45. The zero-order chi connectivity index (χ0) is 14.9. The van der Waals surface area contributed by atoms with Crippen LogP contribution in [0.3, 0.4) is 0 Å². The second-order valence-corrected chi connectivity index (χ2v) is 5.31. The van der Waals surface area contributed by atoms with Crippen molar-refractivity contribution in [1.82, 2.24) is 15.0 Å². The van der Waals surface area contributed by atoms with Gasteiger partial charge in [-0.2, -0.15) is 4.37 Å². The Labute approximate surface area is 132 Å². The molecule has 2 aromatic rings. The van der Waals surface area contributed by atoms with E-state index in [1.54, 1.807) is 12.1 Å². The number of benzene rings is 1. The molecule has 1 amide bonds. The number of hydrogen-bond acceptors (Lipinski definition) is 5. The third-order valence-electron chi connectivity index (χ3n) is 2.65. The Morgan fingerprint density at radius 1 is 1.19 bits per heavy atom. The minimum Gasteiger partial charge on any atom is -0.369 e. The van der Waals surface area contributed by atoms with Crippen LogP contribution in [0.25, 0.3) is 0 Å². The van der Waals surface area contributed by atoms with Gasteiger partial charge < -0.3 is 10.6 Å². The highest BCUT2D eigenvalue weighted by Gasteiger charge is 2.06. The lowest BCUT2D eigenvalue weighted by Crippen LogP contribution is -2.39. The van der Waals surface area contributed by atoms with E-state index in [4.69, 9.17) is 12.2 Å². The molecule has 0 unspecified atom stereocenters. The smallest absolute Gasteiger partial charge is 0.257 e. The molecule has 0 saturated heterocycles. The minimum atomic E-state index is -0.200. The number of aromatic nitrogens is 1. The molecule has 3 N–H and O–H groups in total. The van der Waals surface area contributed by atoms with Crippen molar-refractivity contribution >= 4 is 40.6 Å². The quantitative estimate of drug-likeness (QED) is 0.563. The second kappa shape index (κ2) is 8.33. The fourth-order valence-electron chi connectivity index (χ4n) is 1.62. The number of carbonyl (C=O) groups excluding carboxylic acids is 1. The maximum atomic E-state index is 11.8. The van der Waals surface area contributed by atoms with E-state index in [0.29, 0.717) is 17.2 Å². The molecule has 5 nitrogen and oxygen atoms in total. The van der Waals surface area contributed by atoms with Crippen molar-refractivity contribution in [3.05, 3.63) is 47.3 Å². The standard InChI is InChI=1S/C14H16N4OS2/c19-13(11-5-2-1-3-6-11)17-14(20)16-9-4-8-15-12-7-10-21-18-12/h1-3,5-7,10H,4,8-9H2,(H,15,18)(H2,16,17,19,20). The SMILES string of the molecule is O=C(NC(=S)NCCCNc1ccsn1)c1ccccc1. The van der Waals surface area contributed by atoms with Gasteiger partial charge in [0.2, 0.25) is 0 Å². The molecule has 0 radical (unpaired) electrons. The van der Waals surface area contributed by atoms with Gasteiger partial charge in [0.1, 0.15) is 5.82 Å². The summed E-state index contributed by atoms with van der Waals surface area (Å²) < 4.78 is 4.15. The highest BCUT2D eigenvalue weighted by atomic mass is 32.1. The minimum absolute atomic E-state index is 0.200. The first-order valence-corrected chi connectivity index (χ1v) is 7.78. The predicted octanol–water partition coefficient (Wildman–Crippen LogP) is 2.25. The van der Waals surface area contributed by atoms with Gasteiger partial charge in [-0.05, 0) is 48.4 Å². The molecule has 1 heterocycles. The summed E-state index contributed by atoms with van der Waals surface area (Å²) in [6.07, 6.45) is 0.874. The van der Waals surface area contributed by atoms with E-state index in [2.05, 4.69) is 20.3 Å². The lowest BCUT2D eigenvalue weighted by atomic mass is 10.2. The average Bonchev–Trinajstić information content (AvgIpc) is 3.01. The van der Waals surface area contributed by atoms with Crippen LogP contribution in [0.1, 0.15) is 16.8 Å². The summed E-state index contributed by atoms with van der Waals surface area (Å²) in [6.45, 7) is 1.48. The van der Waals surface area contributed by atoms with Crippen LogP contribution in [0, 0.1) is 0 Å². The second-order valence-electron chi connectivity index (χ2n) is 4.24. The van der Waals surface area contributed by atoms with Gasteiger partial charge in [0.05, 0.1) is 0 Å². The van der Waals surface area contributed by atoms with Crippen molar-refractivity contribution in [2.24, 2.45) is 0 Å². The van der Waals surface area contributed by atoms with Crippen molar-refractivity contribution in [1.29, 1.82) is 0 Å². The van der Waals surface area contributed by atoms with Crippen LogP contribution in [0.2, 0.25) is 0 Å². The number of thiocarbonyl (C=S) groups is 1. The average molecular weight is 320 g/mol. The molecule has 2 rings (SSSR count). The van der Waals surface area contributed by atoms with Gasteiger partial charge in [-0.25, -0.2) is 0 Å². The van der Waals surface area contributed by atoms with Crippen molar-refractivity contribution in [2.75, 3.05) is 18.4 Å². The molecule has 0 aliphatic carbocycles. The van der Waals surface area contributed by atoms with E-state index in [-0.39, 0.29) is 5.91 Å². The molecule has 0 aliphatic heterocycles. The molecule has 7 heteroatoms. The Morgan fingerprint density at radius 3 is 2.71 bits per heavy atom. The summed E-state index contributed by atoms with van der Waals surface area (Å²) in [4.78, 5) is 11.8. The summed E-state index contributed by atoms with van der Waals surface area (Å²) in [7, 11) is 0. The molecule has 0 aliphatic rings. The van der Waals surface area contributed by atoms with Crippen LogP contribution in [0.5, 0.6) is 0 Å². The number of nitrogens with zero attached hydrogens (tertiary/aromatic N) is 1. The first-order chi connectivity index (χ1) is 10.3. The molecule has 21 heavy (non-hydrogen) atoms. The highest BCUT2D eigenvalue weighted by molar-refractivity contribution is 7.80. The number of nitrogens with one attached hydrogen (secondary N) is 3. The van der Waals surface area contributed by atoms with Crippen molar-refractivity contribution in [2.45, 2.75) is 6.42 Å². The monoisotopic (exact) mass is 320 g/mol. The van der Waals surface area contributed by atoms with Crippen molar-refractivity contribution in [3.8, 4) is 0 Å². The Hall–Kier alpha value is -1.99. The number of rotatable bonds is 6. The molecule has 1 aromatic carbocycles. The molecule has 0 saturated carbocycles. The first-order valence-electron chi connectivity index (χ1n) is 6.54. The lowest BCUT2D eigenvalue weighted by Gasteiger charge is -2.09. The number of anilines is 1. The van der Waals surface area contributed by atoms with Gasteiger partial charge in [0.25, 0.3) is 5.91 Å². The van der Waals surface area contributed by atoms with E-state index >= 15 is 0 Å². The van der Waals surface area contributed by atoms with Crippen LogP contribution in [-0.2, 0) is 0 Å². The Kier molecular flexibility index (Phi) is 6.11. The molecule has 110 valence electrons. The summed E-state index contributed by atoms with van der Waals surface area (Å²) in [6, 6.07) is 10.9. The van der Waals surface area contributed by atoms with Crippen LogP contribution < -0.4 is 16.0 Å². The number of carbonyl (C=O) groups is 1. The Balaban J connectivity index is 1.60. The van der Waals surface area contributed by atoms with Crippen LogP contribution >= 0.6 is 23.8 Å².